The molecule has 0 aliphatic carbocycles. The highest BCUT2D eigenvalue weighted by molar-refractivity contribution is 7.90. The fraction of sp³-hybridized carbons (Fsp3) is 0.531. The van der Waals surface area contributed by atoms with Gasteiger partial charge in [-0.05, 0) is 109 Å². The molecule has 0 radical (unpaired) electrons. The number of hydrogen-bond donors (Lipinski definition) is 3. The molecule has 0 saturated carbocycles. The van der Waals surface area contributed by atoms with Gasteiger partial charge in [-0.3, -0.25) is 4.99 Å². The number of esters is 1. The maximum atomic E-state index is 13.5. The van der Waals surface area contributed by atoms with E-state index in [4.69, 9.17) is 19.9 Å². The smallest absolute Gasteiger partial charge is 0.408 e. The molecule has 1 aliphatic rings. The number of rotatable bonds is 10. The second-order valence-electron chi connectivity index (χ2n) is 12.7. The summed E-state index contributed by atoms with van der Waals surface area (Å²) in [5, 5.41) is 2.57. The van der Waals surface area contributed by atoms with E-state index in [-0.39, 0.29) is 36.0 Å². The highest BCUT2D eigenvalue weighted by Crippen LogP contribution is 2.42. The molecule has 0 bridgehead atoms. The first-order valence-corrected chi connectivity index (χ1v) is 16.2. The molecule has 11 nitrogen and oxygen atoms in total. The summed E-state index contributed by atoms with van der Waals surface area (Å²) >= 11 is 0. The Morgan fingerprint density at radius 2 is 1.75 bits per heavy atom. The van der Waals surface area contributed by atoms with Gasteiger partial charge in [-0.25, -0.2) is 22.7 Å². The van der Waals surface area contributed by atoms with Crippen LogP contribution in [0.15, 0.2) is 40.2 Å². The van der Waals surface area contributed by atoms with E-state index in [9.17, 15) is 18.0 Å². The van der Waals surface area contributed by atoms with Crippen molar-refractivity contribution in [3.05, 3.63) is 58.1 Å². The first kappa shape index (κ1) is 34.7. The monoisotopic (exact) mass is 630 g/mol. The summed E-state index contributed by atoms with van der Waals surface area (Å²) in [7, 11) is -4.05. The molecule has 2 aromatic rings. The lowest BCUT2D eigenvalue weighted by atomic mass is 9.88. The van der Waals surface area contributed by atoms with Crippen LogP contribution in [0.4, 0.5) is 4.79 Å². The average Bonchev–Trinajstić information content (AvgIpc) is 2.91. The quantitative estimate of drug-likeness (QED) is 0.147. The van der Waals surface area contributed by atoms with Gasteiger partial charge in [-0.1, -0.05) is 30.3 Å². The molecule has 0 aromatic heterocycles. The molecule has 0 fully saturated rings. The molecule has 12 heteroatoms. The van der Waals surface area contributed by atoms with E-state index in [1.807, 2.05) is 51.1 Å². The maximum absolute atomic E-state index is 13.5. The summed E-state index contributed by atoms with van der Waals surface area (Å²) in [6, 6.07) is 8.16. The number of ether oxygens (including phenoxy) is 3. The number of nitrogens with one attached hydrogen (secondary N) is 2. The van der Waals surface area contributed by atoms with Crippen molar-refractivity contribution in [3.8, 4) is 5.75 Å². The number of amides is 1. The van der Waals surface area contributed by atoms with E-state index in [0.717, 1.165) is 28.9 Å². The van der Waals surface area contributed by atoms with E-state index >= 15 is 0 Å². The zero-order chi connectivity index (χ0) is 32.9. The van der Waals surface area contributed by atoms with Crippen LogP contribution in [-0.2, 0) is 37.3 Å². The van der Waals surface area contributed by atoms with Gasteiger partial charge in [0.2, 0.25) is 5.96 Å². The zero-order valence-corrected chi connectivity index (χ0v) is 27.8. The standard InChI is InChI=1S/C32H46N4O7S/c1-20-21(2)27(22(3)24-16-17-32(7,8)42-26(20)24)44(39,40)36-29(33)34-18-12-15-25(28(37)43-31(4,5)6)35-30(38)41-19-23-13-10-9-11-14-23/h9-11,13-14,25H,12,15-19H2,1-8H3,(H,35,38)(H3,33,34,36)/t25-/m0/s1. The van der Waals surface area contributed by atoms with Crippen molar-refractivity contribution in [2.45, 2.75) is 110 Å². The summed E-state index contributed by atoms with van der Waals surface area (Å²) in [5.41, 5.74) is 8.58. The van der Waals surface area contributed by atoms with Crippen LogP contribution in [0, 0.1) is 20.8 Å². The van der Waals surface area contributed by atoms with Crippen molar-refractivity contribution in [1.29, 1.82) is 0 Å². The topological polar surface area (TPSA) is 158 Å². The largest absolute Gasteiger partial charge is 0.487 e. The Morgan fingerprint density at radius 3 is 2.39 bits per heavy atom. The SMILES string of the molecule is Cc1c(C)c(S(=O)(=O)NC(N)=NCCC[C@H](NC(=O)OCc2ccccc2)C(=O)OC(C)(C)C)c(C)c2c1OC(C)(C)CC2. The molecule has 1 amide bonds. The van der Waals surface area contributed by atoms with E-state index in [0.29, 0.717) is 24.0 Å². The fourth-order valence-electron chi connectivity index (χ4n) is 5.00. The number of fused-ring (bicyclic) bond motifs is 1. The molecule has 242 valence electrons. The third-order valence-electron chi connectivity index (χ3n) is 7.30. The zero-order valence-electron chi connectivity index (χ0n) is 27.0. The highest BCUT2D eigenvalue weighted by atomic mass is 32.2. The molecule has 4 N–H and O–H groups in total. The van der Waals surface area contributed by atoms with Gasteiger partial charge in [0, 0.05) is 6.54 Å². The van der Waals surface area contributed by atoms with Crippen LogP contribution in [-0.4, -0.2) is 50.2 Å². The van der Waals surface area contributed by atoms with E-state index in [2.05, 4.69) is 15.0 Å². The molecule has 0 spiro atoms. The molecule has 0 unspecified atom stereocenters. The maximum Gasteiger partial charge on any atom is 0.408 e. The molecule has 0 saturated heterocycles. The van der Waals surface area contributed by atoms with Crippen LogP contribution in [0.25, 0.3) is 0 Å². The number of sulfonamides is 1. The Kier molecular flexibility index (Phi) is 10.9. The number of nitrogens with two attached hydrogens (primary N) is 1. The van der Waals surface area contributed by atoms with Crippen LogP contribution >= 0.6 is 0 Å². The third kappa shape index (κ3) is 9.35. The van der Waals surface area contributed by atoms with E-state index < -0.39 is 33.7 Å². The number of carbonyl (C=O) groups is 2. The summed E-state index contributed by atoms with van der Waals surface area (Å²) < 4.78 is 46.3. The second-order valence-corrected chi connectivity index (χ2v) is 14.3. The summed E-state index contributed by atoms with van der Waals surface area (Å²) in [6.45, 7) is 14.8. The van der Waals surface area contributed by atoms with Gasteiger partial charge in [0.15, 0.2) is 0 Å². The van der Waals surface area contributed by atoms with Gasteiger partial charge < -0.3 is 25.3 Å². The van der Waals surface area contributed by atoms with Gasteiger partial charge in [0.25, 0.3) is 10.0 Å². The molecule has 44 heavy (non-hydrogen) atoms. The number of alkyl carbamates (subject to hydrolysis) is 1. The Morgan fingerprint density at radius 1 is 1.09 bits per heavy atom. The van der Waals surface area contributed by atoms with Gasteiger partial charge >= 0.3 is 12.1 Å². The van der Waals surface area contributed by atoms with Gasteiger partial charge in [0.1, 0.15) is 29.6 Å². The van der Waals surface area contributed by atoms with Crippen LogP contribution in [0.5, 0.6) is 5.75 Å². The first-order chi connectivity index (χ1) is 20.4. The predicted molar refractivity (Wildman–Crippen MR) is 169 cm³/mol. The van der Waals surface area contributed by atoms with Crippen LogP contribution in [0.2, 0.25) is 0 Å². The number of benzene rings is 2. The normalized spacial score (nSPS) is 15.4. The summed E-state index contributed by atoms with van der Waals surface area (Å²) in [6.07, 6.45) is 1.17. The Hall–Kier alpha value is -3.80. The lowest BCUT2D eigenvalue weighted by Crippen LogP contribution is -2.44. The van der Waals surface area contributed by atoms with Crippen LogP contribution in [0.1, 0.15) is 81.7 Å². The Labute approximate surface area is 261 Å². The molecule has 1 aliphatic heterocycles. The molecular formula is C32H46N4O7S. The fourth-order valence-corrected chi connectivity index (χ4v) is 6.52. The van der Waals surface area contributed by atoms with Gasteiger partial charge in [0.05, 0.1) is 4.90 Å². The number of nitrogens with zero attached hydrogens (tertiary/aromatic N) is 1. The number of carbonyl (C=O) groups excluding carboxylic acids is 2. The van der Waals surface area contributed by atoms with Crippen molar-refractivity contribution >= 4 is 28.0 Å². The minimum atomic E-state index is -4.05. The number of hydrogen-bond acceptors (Lipinski definition) is 8. The second kappa shape index (κ2) is 13.9. The van der Waals surface area contributed by atoms with Crippen LogP contribution < -0.4 is 20.5 Å². The summed E-state index contributed by atoms with van der Waals surface area (Å²) in [4.78, 5) is 29.6. The van der Waals surface area contributed by atoms with Crippen molar-refractivity contribution in [2.24, 2.45) is 10.7 Å². The van der Waals surface area contributed by atoms with Crippen molar-refractivity contribution in [1.82, 2.24) is 10.0 Å². The minimum absolute atomic E-state index is 0.0440. The molecule has 1 heterocycles. The number of aliphatic imine (C=N–C) groups is 1. The first-order valence-electron chi connectivity index (χ1n) is 14.7. The van der Waals surface area contributed by atoms with E-state index in [1.54, 1.807) is 34.6 Å². The lowest BCUT2D eigenvalue weighted by molar-refractivity contribution is -0.157. The van der Waals surface area contributed by atoms with Crippen LogP contribution in [0.3, 0.4) is 0 Å². The van der Waals surface area contributed by atoms with Gasteiger partial charge in [-0.2, -0.15) is 0 Å². The van der Waals surface area contributed by atoms with Crippen molar-refractivity contribution in [3.63, 3.8) is 0 Å². The molecule has 2 aromatic carbocycles. The molecule has 1 atom stereocenters. The predicted octanol–water partition coefficient (Wildman–Crippen LogP) is 4.73. The van der Waals surface area contributed by atoms with Crippen molar-refractivity contribution in [2.75, 3.05) is 6.54 Å². The van der Waals surface area contributed by atoms with Gasteiger partial charge in [-0.15, -0.1) is 0 Å². The Bertz CT molecular complexity index is 1500. The minimum Gasteiger partial charge on any atom is -0.487 e. The highest BCUT2D eigenvalue weighted by Gasteiger charge is 2.34. The lowest BCUT2D eigenvalue weighted by Gasteiger charge is -2.35. The average molecular weight is 631 g/mol. The van der Waals surface area contributed by atoms with Crippen molar-refractivity contribution < 1.29 is 32.2 Å². The van der Waals surface area contributed by atoms with E-state index in [1.165, 1.54) is 0 Å². The Balaban J connectivity index is 1.66. The third-order valence-corrected chi connectivity index (χ3v) is 8.93. The molecule has 3 rings (SSSR count). The summed E-state index contributed by atoms with van der Waals surface area (Å²) in [5.74, 6) is -0.151. The number of guanidine groups is 1. The molecular weight excluding hydrogens is 584 g/mol.